The Hall–Kier alpha value is 0.140. The standard InChI is InChI=1S/C18H30BrNS/c1-4-5-14-6-7-15(10-20-9-13(2)3)16(8-14)17-11-21-12-18(17)19/h11-16,20H,4-10H2,1-3H3. The minimum Gasteiger partial charge on any atom is -0.316 e. The van der Waals surface area contributed by atoms with Crippen LogP contribution in [0.15, 0.2) is 15.2 Å². The van der Waals surface area contributed by atoms with Crippen molar-refractivity contribution in [1.82, 2.24) is 5.32 Å². The first-order valence-electron chi connectivity index (χ1n) is 8.54. The van der Waals surface area contributed by atoms with Crippen molar-refractivity contribution in [3.8, 4) is 0 Å². The second-order valence-electron chi connectivity index (χ2n) is 7.06. The third-order valence-electron chi connectivity index (χ3n) is 4.80. The smallest absolute Gasteiger partial charge is 0.0317 e. The normalized spacial score (nSPS) is 26.4. The van der Waals surface area contributed by atoms with Crippen LogP contribution >= 0.6 is 27.3 Å². The molecule has 1 saturated carbocycles. The first kappa shape index (κ1) is 17.5. The summed E-state index contributed by atoms with van der Waals surface area (Å²) in [6, 6.07) is 0. The van der Waals surface area contributed by atoms with Gasteiger partial charge in [0.1, 0.15) is 0 Å². The van der Waals surface area contributed by atoms with Crippen molar-refractivity contribution in [2.75, 3.05) is 13.1 Å². The Bertz CT molecular complexity index is 415. The number of thiophene rings is 1. The molecule has 0 radical (unpaired) electrons. The molecule has 1 N–H and O–H groups in total. The Kier molecular flexibility index (Phi) is 7.24. The second-order valence-corrected chi connectivity index (χ2v) is 8.66. The monoisotopic (exact) mass is 371 g/mol. The molecule has 0 aromatic carbocycles. The first-order chi connectivity index (χ1) is 10.1. The van der Waals surface area contributed by atoms with E-state index in [0.29, 0.717) is 0 Å². The maximum Gasteiger partial charge on any atom is 0.0317 e. The predicted octanol–water partition coefficient (Wildman–Crippen LogP) is 6.06. The molecular weight excluding hydrogens is 342 g/mol. The summed E-state index contributed by atoms with van der Waals surface area (Å²) in [6.45, 7) is 9.23. The van der Waals surface area contributed by atoms with Crippen molar-refractivity contribution >= 4 is 27.3 Å². The van der Waals surface area contributed by atoms with Crippen molar-refractivity contribution < 1.29 is 0 Å². The van der Waals surface area contributed by atoms with Gasteiger partial charge in [-0.15, -0.1) is 0 Å². The number of nitrogens with one attached hydrogen (secondary N) is 1. The molecule has 3 heteroatoms. The summed E-state index contributed by atoms with van der Waals surface area (Å²) in [5, 5.41) is 8.32. The number of halogens is 1. The van der Waals surface area contributed by atoms with Crippen molar-refractivity contribution in [2.24, 2.45) is 17.8 Å². The zero-order valence-corrected chi connectivity index (χ0v) is 16.1. The van der Waals surface area contributed by atoms with Crippen molar-refractivity contribution in [1.29, 1.82) is 0 Å². The van der Waals surface area contributed by atoms with Gasteiger partial charge in [-0.2, -0.15) is 11.3 Å². The largest absolute Gasteiger partial charge is 0.316 e. The van der Waals surface area contributed by atoms with Gasteiger partial charge in [0.25, 0.3) is 0 Å². The van der Waals surface area contributed by atoms with Crippen LogP contribution in [0.2, 0.25) is 0 Å². The summed E-state index contributed by atoms with van der Waals surface area (Å²) >= 11 is 5.61. The van der Waals surface area contributed by atoms with E-state index in [4.69, 9.17) is 0 Å². The zero-order valence-electron chi connectivity index (χ0n) is 13.7. The summed E-state index contributed by atoms with van der Waals surface area (Å²) in [6.07, 6.45) is 6.95. The maximum atomic E-state index is 3.77. The van der Waals surface area contributed by atoms with E-state index >= 15 is 0 Å². The summed E-state index contributed by atoms with van der Waals surface area (Å²) in [5.41, 5.74) is 1.57. The Labute approximate surface area is 143 Å². The van der Waals surface area contributed by atoms with Crippen molar-refractivity contribution in [3.63, 3.8) is 0 Å². The van der Waals surface area contributed by atoms with Crippen LogP contribution in [0, 0.1) is 17.8 Å². The molecule has 1 aromatic rings. The minimum absolute atomic E-state index is 0.743. The zero-order chi connectivity index (χ0) is 15.2. The van der Waals surface area contributed by atoms with Gasteiger partial charge in [-0.1, -0.05) is 40.0 Å². The lowest BCUT2D eigenvalue weighted by Gasteiger charge is -2.37. The van der Waals surface area contributed by atoms with E-state index in [1.54, 1.807) is 5.56 Å². The predicted molar refractivity (Wildman–Crippen MR) is 98.2 cm³/mol. The minimum atomic E-state index is 0.743. The summed E-state index contributed by atoms with van der Waals surface area (Å²) < 4.78 is 1.34. The highest BCUT2D eigenvalue weighted by molar-refractivity contribution is 9.10. The van der Waals surface area contributed by atoms with E-state index in [-0.39, 0.29) is 0 Å². The maximum absolute atomic E-state index is 3.77. The van der Waals surface area contributed by atoms with Crippen LogP contribution in [0.3, 0.4) is 0 Å². The van der Waals surface area contributed by atoms with Gasteiger partial charge in [0.15, 0.2) is 0 Å². The highest BCUT2D eigenvalue weighted by Crippen LogP contribution is 2.45. The van der Waals surface area contributed by atoms with Gasteiger partial charge in [-0.3, -0.25) is 0 Å². The van der Waals surface area contributed by atoms with Crippen LogP contribution in [-0.4, -0.2) is 13.1 Å². The number of hydrogen-bond acceptors (Lipinski definition) is 2. The van der Waals surface area contributed by atoms with Gasteiger partial charge >= 0.3 is 0 Å². The highest BCUT2D eigenvalue weighted by atomic mass is 79.9. The van der Waals surface area contributed by atoms with Gasteiger partial charge < -0.3 is 5.32 Å². The van der Waals surface area contributed by atoms with E-state index in [1.807, 2.05) is 11.3 Å². The molecule has 1 aliphatic rings. The van der Waals surface area contributed by atoms with Gasteiger partial charge in [0.05, 0.1) is 0 Å². The van der Waals surface area contributed by atoms with Crippen molar-refractivity contribution in [3.05, 3.63) is 20.8 Å². The Morgan fingerprint density at radius 1 is 1.33 bits per heavy atom. The topological polar surface area (TPSA) is 12.0 Å². The molecule has 3 atom stereocenters. The molecule has 1 heterocycles. The quantitative estimate of drug-likeness (QED) is 0.614. The lowest BCUT2D eigenvalue weighted by Crippen LogP contribution is -2.33. The third kappa shape index (κ3) is 5.07. The van der Waals surface area contributed by atoms with E-state index in [1.165, 1.54) is 43.1 Å². The SMILES string of the molecule is CCCC1CCC(CNCC(C)C)C(c2cscc2Br)C1. The Morgan fingerprint density at radius 3 is 2.76 bits per heavy atom. The average Bonchev–Trinajstić information content (AvgIpc) is 2.86. The molecule has 0 spiro atoms. The number of rotatable bonds is 7. The fraction of sp³-hybridized carbons (Fsp3) is 0.778. The molecule has 21 heavy (non-hydrogen) atoms. The van der Waals surface area contributed by atoms with E-state index in [0.717, 1.165) is 30.2 Å². The molecule has 0 aliphatic heterocycles. The molecular formula is C18H30BrNS. The Morgan fingerprint density at radius 2 is 2.14 bits per heavy atom. The summed E-state index contributed by atoms with van der Waals surface area (Å²) in [5.74, 6) is 3.24. The third-order valence-corrected chi connectivity index (χ3v) is 6.55. The van der Waals surface area contributed by atoms with E-state index in [2.05, 4.69) is 52.8 Å². The molecule has 0 amide bonds. The van der Waals surface area contributed by atoms with Gasteiger partial charge in [0.2, 0.25) is 0 Å². The highest BCUT2D eigenvalue weighted by Gasteiger charge is 2.32. The number of hydrogen-bond donors (Lipinski definition) is 1. The molecule has 1 aromatic heterocycles. The lowest BCUT2D eigenvalue weighted by molar-refractivity contribution is 0.219. The fourth-order valence-electron chi connectivity index (χ4n) is 3.73. The van der Waals surface area contributed by atoms with Gasteiger partial charge in [-0.25, -0.2) is 0 Å². The van der Waals surface area contributed by atoms with Crippen LogP contribution in [0.25, 0.3) is 0 Å². The molecule has 1 aliphatic carbocycles. The molecule has 0 saturated heterocycles. The molecule has 120 valence electrons. The average molecular weight is 372 g/mol. The van der Waals surface area contributed by atoms with Crippen LogP contribution in [0.4, 0.5) is 0 Å². The molecule has 1 fully saturated rings. The molecule has 3 unspecified atom stereocenters. The fourth-order valence-corrected chi connectivity index (χ4v) is 5.39. The molecule has 2 rings (SSSR count). The van der Waals surface area contributed by atoms with Crippen LogP contribution in [0.5, 0.6) is 0 Å². The van der Waals surface area contributed by atoms with Gasteiger partial charge in [-0.05, 0) is 76.5 Å². The van der Waals surface area contributed by atoms with E-state index in [9.17, 15) is 0 Å². The van der Waals surface area contributed by atoms with E-state index < -0.39 is 0 Å². The van der Waals surface area contributed by atoms with Crippen LogP contribution in [0.1, 0.15) is 64.4 Å². The Balaban J connectivity index is 2.02. The summed E-state index contributed by atoms with van der Waals surface area (Å²) in [4.78, 5) is 0. The molecule has 0 bridgehead atoms. The molecule has 1 nitrogen and oxygen atoms in total. The summed E-state index contributed by atoms with van der Waals surface area (Å²) in [7, 11) is 0. The van der Waals surface area contributed by atoms with Gasteiger partial charge in [0, 0.05) is 9.85 Å². The first-order valence-corrected chi connectivity index (χ1v) is 10.3. The lowest BCUT2D eigenvalue weighted by atomic mass is 9.70. The van der Waals surface area contributed by atoms with Crippen LogP contribution < -0.4 is 5.32 Å². The van der Waals surface area contributed by atoms with Crippen LogP contribution in [-0.2, 0) is 0 Å². The van der Waals surface area contributed by atoms with Crippen molar-refractivity contribution in [2.45, 2.75) is 58.8 Å². The second kappa shape index (κ2) is 8.69.